The highest BCUT2D eigenvalue weighted by Gasteiger charge is 2.29. The van der Waals surface area contributed by atoms with E-state index in [1.54, 1.807) is 19.2 Å². The maximum absolute atomic E-state index is 12.4. The van der Waals surface area contributed by atoms with Gasteiger partial charge in [-0.25, -0.2) is 17.9 Å². The van der Waals surface area contributed by atoms with Gasteiger partial charge >= 0.3 is 5.97 Å². The fraction of sp³-hybridized carbons (Fsp3) is 0.500. The standard InChI is InChI=1S/C12H16N2O4S2/c1-4-9(5-6-13)14-20(16,17)11-8(2)7-19-10(11)12(15)18-3/h7,9,14H,4-5H2,1-3H3. The Balaban J connectivity index is 3.19. The number of methoxy groups -OCH3 is 1. The molecule has 0 radical (unpaired) electrons. The lowest BCUT2D eigenvalue weighted by molar-refractivity contribution is 0.0602. The Morgan fingerprint density at radius 2 is 2.25 bits per heavy atom. The lowest BCUT2D eigenvalue weighted by Crippen LogP contribution is -2.35. The van der Waals surface area contributed by atoms with Gasteiger partial charge in [0.15, 0.2) is 0 Å². The van der Waals surface area contributed by atoms with Crippen molar-refractivity contribution in [3.05, 3.63) is 15.8 Å². The first-order chi connectivity index (χ1) is 9.37. The molecule has 1 atom stereocenters. The van der Waals surface area contributed by atoms with E-state index in [4.69, 9.17) is 5.26 Å². The van der Waals surface area contributed by atoms with E-state index >= 15 is 0 Å². The molecule has 0 aliphatic rings. The second-order valence-corrected chi connectivity index (χ2v) is 6.69. The van der Waals surface area contributed by atoms with Crippen LogP contribution in [0.15, 0.2) is 10.3 Å². The van der Waals surface area contributed by atoms with E-state index in [2.05, 4.69) is 9.46 Å². The van der Waals surface area contributed by atoms with Crippen LogP contribution in [0.3, 0.4) is 0 Å². The highest BCUT2D eigenvalue weighted by molar-refractivity contribution is 7.89. The van der Waals surface area contributed by atoms with Gasteiger partial charge in [-0.15, -0.1) is 11.3 Å². The zero-order valence-corrected chi connectivity index (χ0v) is 13.1. The van der Waals surface area contributed by atoms with E-state index in [1.165, 1.54) is 7.11 Å². The average molecular weight is 316 g/mol. The molecule has 0 spiro atoms. The van der Waals surface area contributed by atoms with E-state index in [-0.39, 0.29) is 16.2 Å². The van der Waals surface area contributed by atoms with Gasteiger partial charge in [0.05, 0.1) is 19.6 Å². The minimum atomic E-state index is -3.86. The average Bonchev–Trinajstić information content (AvgIpc) is 2.79. The molecular formula is C12H16N2O4S2. The Kier molecular flexibility index (Phi) is 5.68. The molecule has 0 bridgehead atoms. The van der Waals surface area contributed by atoms with Crippen molar-refractivity contribution in [2.75, 3.05) is 7.11 Å². The summed E-state index contributed by atoms with van der Waals surface area (Å²) in [7, 11) is -2.66. The fourth-order valence-electron chi connectivity index (χ4n) is 1.66. The van der Waals surface area contributed by atoms with Crippen LogP contribution in [-0.2, 0) is 14.8 Å². The topological polar surface area (TPSA) is 96.3 Å². The van der Waals surface area contributed by atoms with Crippen LogP contribution >= 0.6 is 11.3 Å². The van der Waals surface area contributed by atoms with E-state index < -0.39 is 22.0 Å². The molecule has 1 heterocycles. The number of nitrogens with one attached hydrogen (secondary N) is 1. The number of hydrogen-bond donors (Lipinski definition) is 1. The summed E-state index contributed by atoms with van der Waals surface area (Å²) >= 11 is 1.03. The number of nitrogens with zero attached hydrogens (tertiary/aromatic N) is 1. The van der Waals surface area contributed by atoms with Gasteiger partial charge in [0.1, 0.15) is 9.77 Å². The number of carbonyl (C=O) groups excluding carboxylic acids is 1. The first-order valence-corrected chi connectivity index (χ1v) is 8.29. The van der Waals surface area contributed by atoms with Crippen LogP contribution in [0.4, 0.5) is 0 Å². The second kappa shape index (κ2) is 6.83. The molecule has 1 rings (SSSR count). The molecule has 0 aliphatic carbocycles. The van der Waals surface area contributed by atoms with Crippen molar-refractivity contribution in [2.24, 2.45) is 0 Å². The molecule has 6 nitrogen and oxygen atoms in total. The zero-order chi connectivity index (χ0) is 15.3. The first kappa shape index (κ1) is 16.6. The van der Waals surface area contributed by atoms with Crippen LogP contribution in [0.25, 0.3) is 0 Å². The summed E-state index contributed by atoms with van der Waals surface area (Å²) in [6.07, 6.45) is 0.565. The summed E-state index contributed by atoms with van der Waals surface area (Å²) in [6, 6.07) is 1.46. The summed E-state index contributed by atoms with van der Waals surface area (Å²) in [6.45, 7) is 3.40. The van der Waals surface area contributed by atoms with Gasteiger partial charge in [-0.2, -0.15) is 5.26 Å². The first-order valence-electron chi connectivity index (χ1n) is 5.93. The van der Waals surface area contributed by atoms with Gasteiger partial charge in [-0.3, -0.25) is 0 Å². The van der Waals surface area contributed by atoms with Crippen molar-refractivity contribution in [2.45, 2.75) is 37.6 Å². The number of nitriles is 1. The summed E-state index contributed by atoms with van der Waals surface area (Å²) in [5.41, 5.74) is 0.481. The Morgan fingerprint density at radius 3 is 2.75 bits per heavy atom. The number of carbonyl (C=O) groups is 1. The van der Waals surface area contributed by atoms with Gasteiger partial charge in [0, 0.05) is 6.04 Å². The van der Waals surface area contributed by atoms with Gasteiger partial charge in [0.25, 0.3) is 0 Å². The lowest BCUT2D eigenvalue weighted by Gasteiger charge is -2.14. The molecule has 0 aromatic carbocycles. The van der Waals surface area contributed by atoms with E-state index in [1.807, 2.05) is 6.07 Å². The molecule has 0 fully saturated rings. The number of hydrogen-bond acceptors (Lipinski definition) is 6. The second-order valence-electron chi connectivity index (χ2n) is 4.16. The molecule has 0 amide bonds. The maximum atomic E-state index is 12.4. The normalized spacial score (nSPS) is 12.7. The van der Waals surface area contributed by atoms with Crippen molar-refractivity contribution in [3.63, 3.8) is 0 Å². The summed E-state index contributed by atoms with van der Waals surface area (Å²) in [5.74, 6) is -0.684. The highest BCUT2D eigenvalue weighted by Crippen LogP contribution is 2.27. The lowest BCUT2D eigenvalue weighted by atomic mass is 10.2. The largest absolute Gasteiger partial charge is 0.465 e. The number of ether oxygens (including phenoxy) is 1. The number of aryl methyl sites for hydroxylation is 1. The Hall–Kier alpha value is -1.43. The summed E-state index contributed by atoms with van der Waals surface area (Å²) < 4.78 is 31.8. The fourth-order valence-corrected chi connectivity index (χ4v) is 4.68. The van der Waals surface area contributed by atoms with Gasteiger partial charge in [-0.05, 0) is 24.3 Å². The van der Waals surface area contributed by atoms with Crippen molar-refractivity contribution in [3.8, 4) is 6.07 Å². The maximum Gasteiger partial charge on any atom is 0.349 e. The minimum absolute atomic E-state index is 0.0457. The summed E-state index contributed by atoms with van der Waals surface area (Å²) in [5, 5.41) is 10.3. The third kappa shape index (κ3) is 3.56. The predicted octanol–water partition coefficient (Wildman–Crippen LogP) is 1.81. The molecule has 0 aliphatic heterocycles. The molecule has 1 unspecified atom stereocenters. The number of esters is 1. The van der Waals surface area contributed by atoms with E-state index in [0.717, 1.165) is 11.3 Å². The van der Waals surface area contributed by atoms with Crippen molar-refractivity contribution < 1.29 is 17.9 Å². The van der Waals surface area contributed by atoms with Crippen LogP contribution in [0.5, 0.6) is 0 Å². The molecule has 1 aromatic heterocycles. The minimum Gasteiger partial charge on any atom is -0.465 e. The van der Waals surface area contributed by atoms with Crippen LogP contribution in [0.1, 0.15) is 35.0 Å². The van der Waals surface area contributed by atoms with Gasteiger partial charge < -0.3 is 4.74 Å². The molecule has 20 heavy (non-hydrogen) atoms. The van der Waals surface area contributed by atoms with Crippen LogP contribution in [0.2, 0.25) is 0 Å². The third-order valence-electron chi connectivity index (χ3n) is 2.71. The van der Waals surface area contributed by atoms with Crippen LogP contribution in [0, 0.1) is 18.3 Å². The SMILES string of the molecule is CCC(CC#N)NS(=O)(=O)c1c(C)csc1C(=O)OC. The molecule has 1 N–H and O–H groups in total. The third-order valence-corrected chi connectivity index (χ3v) is 5.62. The van der Waals surface area contributed by atoms with E-state index in [0.29, 0.717) is 12.0 Å². The summed E-state index contributed by atoms with van der Waals surface area (Å²) in [4.78, 5) is 11.6. The molecule has 1 aromatic rings. The number of thiophene rings is 1. The van der Waals surface area contributed by atoms with Crippen molar-refractivity contribution >= 4 is 27.3 Å². The molecule has 0 saturated carbocycles. The molecule has 8 heteroatoms. The van der Waals surface area contributed by atoms with Crippen molar-refractivity contribution in [1.29, 1.82) is 5.26 Å². The monoisotopic (exact) mass is 316 g/mol. The quantitative estimate of drug-likeness (QED) is 0.807. The van der Waals surface area contributed by atoms with Crippen molar-refractivity contribution in [1.82, 2.24) is 4.72 Å². The Bertz CT molecular complexity index is 628. The number of sulfonamides is 1. The van der Waals surface area contributed by atoms with Crippen LogP contribution in [-0.4, -0.2) is 27.5 Å². The van der Waals surface area contributed by atoms with E-state index in [9.17, 15) is 13.2 Å². The Morgan fingerprint density at radius 1 is 1.60 bits per heavy atom. The molecular weight excluding hydrogens is 300 g/mol. The molecule has 110 valence electrons. The highest BCUT2D eigenvalue weighted by atomic mass is 32.2. The Labute approximate surface area is 122 Å². The predicted molar refractivity (Wildman–Crippen MR) is 75.0 cm³/mol. The number of rotatable bonds is 6. The molecule has 0 saturated heterocycles. The smallest absolute Gasteiger partial charge is 0.349 e. The zero-order valence-electron chi connectivity index (χ0n) is 11.5. The van der Waals surface area contributed by atoms with Gasteiger partial charge in [0.2, 0.25) is 10.0 Å². The van der Waals surface area contributed by atoms with Gasteiger partial charge in [-0.1, -0.05) is 6.92 Å². The van der Waals surface area contributed by atoms with Crippen LogP contribution < -0.4 is 4.72 Å².